The number of nitrogens with zero attached hydrogens (tertiary/aromatic N) is 1. The zero-order chi connectivity index (χ0) is 20.8. The lowest BCUT2D eigenvalue weighted by molar-refractivity contribution is -0.384. The van der Waals surface area contributed by atoms with E-state index in [0.29, 0.717) is 28.8 Å². The summed E-state index contributed by atoms with van der Waals surface area (Å²) in [4.78, 5) is 23.6. The highest BCUT2D eigenvalue weighted by molar-refractivity contribution is 9.10. The number of hydrogen-bond donors (Lipinski definition) is 1. The van der Waals surface area contributed by atoms with Gasteiger partial charge in [-0.1, -0.05) is 52.3 Å². The van der Waals surface area contributed by atoms with E-state index in [4.69, 9.17) is 4.74 Å². The highest BCUT2D eigenvalue weighted by Gasteiger charge is 2.19. The van der Waals surface area contributed by atoms with E-state index in [2.05, 4.69) is 21.2 Å². The molecule has 3 aromatic carbocycles. The molecule has 0 saturated heterocycles. The standard InChI is InChI=1S/C22H19BrN2O4/c1-15-7-9-19(20(13-15)25(27)28)24-22(26)18-14-17(23)8-10-21(18)29-12-11-16-5-3-2-4-6-16/h2-10,13-14H,11-12H2,1H3,(H,24,26). The van der Waals surface area contributed by atoms with Gasteiger partial charge in [-0.05, 0) is 42.3 Å². The minimum atomic E-state index is -0.513. The van der Waals surface area contributed by atoms with Gasteiger partial charge in [0.05, 0.1) is 17.1 Å². The average Bonchev–Trinajstić information content (AvgIpc) is 2.71. The maximum Gasteiger partial charge on any atom is 0.293 e. The van der Waals surface area contributed by atoms with Gasteiger partial charge in [-0.25, -0.2) is 0 Å². The van der Waals surface area contributed by atoms with Crippen molar-refractivity contribution in [3.63, 3.8) is 0 Å². The summed E-state index contributed by atoms with van der Waals surface area (Å²) in [7, 11) is 0. The molecule has 1 N–H and O–H groups in total. The number of nitro groups is 1. The second-order valence-corrected chi connectivity index (χ2v) is 7.37. The number of carbonyl (C=O) groups excluding carboxylic acids is 1. The summed E-state index contributed by atoms with van der Waals surface area (Å²) in [6.07, 6.45) is 0.696. The molecule has 0 aromatic heterocycles. The second kappa shape index (κ2) is 9.34. The zero-order valence-electron chi connectivity index (χ0n) is 15.7. The van der Waals surface area contributed by atoms with Crippen LogP contribution in [0.5, 0.6) is 5.75 Å². The predicted molar refractivity (Wildman–Crippen MR) is 116 cm³/mol. The van der Waals surface area contributed by atoms with Gasteiger partial charge in [-0.2, -0.15) is 0 Å². The Hall–Kier alpha value is -3.19. The first-order chi connectivity index (χ1) is 13.9. The van der Waals surface area contributed by atoms with Gasteiger partial charge in [-0.15, -0.1) is 0 Å². The van der Waals surface area contributed by atoms with Crippen LogP contribution >= 0.6 is 15.9 Å². The Bertz CT molecular complexity index is 1040. The van der Waals surface area contributed by atoms with Crippen molar-refractivity contribution < 1.29 is 14.5 Å². The third kappa shape index (κ3) is 5.42. The van der Waals surface area contributed by atoms with Gasteiger partial charge in [0.15, 0.2) is 0 Å². The van der Waals surface area contributed by atoms with Gasteiger partial charge in [0, 0.05) is 17.0 Å². The number of benzene rings is 3. The molecule has 0 aliphatic heterocycles. The highest BCUT2D eigenvalue weighted by Crippen LogP contribution is 2.28. The molecule has 0 saturated carbocycles. The third-order valence-electron chi connectivity index (χ3n) is 4.28. The molecule has 0 aliphatic rings. The molecule has 0 heterocycles. The molecule has 29 heavy (non-hydrogen) atoms. The predicted octanol–water partition coefficient (Wildman–Crippen LogP) is 5.54. The van der Waals surface area contributed by atoms with Crippen molar-refractivity contribution in [2.24, 2.45) is 0 Å². The van der Waals surface area contributed by atoms with Crippen LogP contribution in [0.1, 0.15) is 21.5 Å². The smallest absolute Gasteiger partial charge is 0.293 e. The zero-order valence-corrected chi connectivity index (χ0v) is 17.3. The molecule has 148 valence electrons. The minimum Gasteiger partial charge on any atom is -0.492 e. The number of nitrogens with one attached hydrogen (secondary N) is 1. The number of anilines is 1. The van der Waals surface area contributed by atoms with E-state index in [1.807, 2.05) is 30.3 Å². The molecule has 0 unspecified atom stereocenters. The Morgan fingerprint density at radius 3 is 2.59 bits per heavy atom. The van der Waals surface area contributed by atoms with E-state index >= 15 is 0 Å². The van der Waals surface area contributed by atoms with Gasteiger partial charge >= 0.3 is 0 Å². The molecule has 0 radical (unpaired) electrons. The summed E-state index contributed by atoms with van der Waals surface area (Å²) in [6.45, 7) is 2.15. The molecule has 0 fully saturated rings. The Morgan fingerprint density at radius 1 is 1.10 bits per heavy atom. The van der Waals surface area contributed by atoms with Crippen LogP contribution in [0.4, 0.5) is 11.4 Å². The summed E-state index contributed by atoms with van der Waals surface area (Å²) in [5.41, 5.74) is 2.15. The van der Waals surface area contributed by atoms with Crippen molar-refractivity contribution in [1.29, 1.82) is 0 Å². The first kappa shape index (κ1) is 20.5. The highest BCUT2D eigenvalue weighted by atomic mass is 79.9. The van der Waals surface area contributed by atoms with Crippen molar-refractivity contribution in [2.45, 2.75) is 13.3 Å². The second-order valence-electron chi connectivity index (χ2n) is 6.46. The lowest BCUT2D eigenvalue weighted by Gasteiger charge is -2.13. The number of amides is 1. The van der Waals surface area contributed by atoms with Crippen molar-refractivity contribution in [3.05, 3.63) is 98.0 Å². The first-order valence-corrected chi connectivity index (χ1v) is 9.76. The number of rotatable bonds is 7. The number of halogens is 1. The SMILES string of the molecule is Cc1ccc(NC(=O)c2cc(Br)ccc2OCCc2ccccc2)c([N+](=O)[O-])c1. The molecule has 0 spiro atoms. The summed E-state index contributed by atoms with van der Waals surface area (Å²) >= 11 is 3.36. The fourth-order valence-corrected chi connectivity index (χ4v) is 3.18. The van der Waals surface area contributed by atoms with Crippen LogP contribution in [0.3, 0.4) is 0 Å². The molecule has 3 aromatic rings. The van der Waals surface area contributed by atoms with Gasteiger partial charge in [-0.3, -0.25) is 14.9 Å². The van der Waals surface area contributed by atoms with Crippen LogP contribution < -0.4 is 10.1 Å². The van der Waals surface area contributed by atoms with E-state index < -0.39 is 10.8 Å². The van der Waals surface area contributed by atoms with Crippen LogP contribution in [0.15, 0.2) is 71.2 Å². The van der Waals surface area contributed by atoms with Crippen molar-refractivity contribution >= 4 is 33.2 Å². The molecule has 3 rings (SSSR count). The summed E-state index contributed by atoms with van der Waals surface area (Å²) in [5, 5.41) is 13.9. The minimum absolute atomic E-state index is 0.140. The molecule has 1 amide bonds. The van der Waals surface area contributed by atoms with Crippen LogP contribution in [0.25, 0.3) is 0 Å². The molecule has 7 heteroatoms. The molecule has 6 nitrogen and oxygen atoms in total. The molecular weight excluding hydrogens is 436 g/mol. The van der Waals surface area contributed by atoms with Crippen LogP contribution in [0.2, 0.25) is 0 Å². The van der Waals surface area contributed by atoms with E-state index in [0.717, 1.165) is 11.1 Å². The Balaban J connectivity index is 1.78. The monoisotopic (exact) mass is 454 g/mol. The number of carbonyl (C=O) groups is 1. The first-order valence-electron chi connectivity index (χ1n) is 8.96. The Morgan fingerprint density at radius 2 is 1.86 bits per heavy atom. The third-order valence-corrected chi connectivity index (χ3v) is 4.77. The van der Waals surface area contributed by atoms with Gasteiger partial charge < -0.3 is 10.1 Å². The molecule has 0 aliphatic carbocycles. The number of ether oxygens (including phenoxy) is 1. The quantitative estimate of drug-likeness (QED) is 0.375. The molecule has 0 atom stereocenters. The van der Waals surface area contributed by atoms with Crippen molar-refractivity contribution in [3.8, 4) is 5.75 Å². The summed E-state index contributed by atoms with van der Waals surface area (Å²) < 4.78 is 6.54. The maximum atomic E-state index is 12.8. The normalized spacial score (nSPS) is 10.4. The van der Waals surface area contributed by atoms with E-state index in [-0.39, 0.29) is 11.4 Å². The lowest BCUT2D eigenvalue weighted by Crippen LogP contribution is -2.15. The molecule has 0 bridgehead atoms. The van der Waals surface area contributed by atoms with Crippen LogP contribution in [-0.4, -0.2) is 17.4 Å². The molecular formula is C22H19BrN2O4. The topological polar surface area (TPSA) is 81.5 Å². The van der Waals surface area contributed by atoms with E-state index in [1.54, 1.807) is 31.2 Å². The van der Waals surface area contributed by atoms with Gasteiger partial charge in [0.25, 0.3) is 11.6 Å². The average molecular weight is 455 g/mol. The Labute approximate surface area is 176 Å². The van der Waals surface area contributed by atoms with E-state index in [1.165, 1.54) is 12.1 Å². The van der Waals surface area contributed by atoms with Crippen LogP contribution in [0, 0.1) is 17.0 Å². The van der Waals surface area contributed by atoms with E-state index in [9.17, 15) is 14.9 Å². The van der Waals surface area contributed by atoms with Gasteiger partial charge in [0.1, 0.15) is 11.4 Å². The van der Waals surface area contributed by atoms with Crippen molar-refractivity contribution in [2.75, 3.05) is 11.9 Å². The van der Waals surface area contributed by atoms with Crippen molar-refractivity contribution in [1.82, 2.24) is 0 Å². The van der Waals surface area contributed by atoms with Gasteiger partial charge in [0.2, 0.25) is 0 Å². The summed E-state index contributed by atoms with van der Waals surface area (Å²) in [6, 6.07) is 19.7. The van der Waals surface area contributed by atoms with Crippen LogP contribution in [-0.2, 0) is 6.42 Å². The summed E-state index contributed by atoms with van der Waals surface area (Å²) in [5.74, 6) is -0.0654. The number of hydrogen-bond acceptors (Lipinski definition) is 4. The Kier molecular flexibility index (Phi) is 6.61. The maximum absolute atomic E-state index is 12.8. The number of nitro benzene ring substituents is 1. The lowest BCUT2D eigenvalue weighted by atomic mass is 10.1. The number of aryl methyl sites for hydroxylation is 1. The fourth-order valence-electron chi connectivity index (χ4n) is 2.82. The fraction of sp³-hybridized carbons (Fsp3) is 0.136. The largest absolute Gasteiger partial charge is 0.492 e.